The molecule has 0 atom stereocenters. The summed E-state index contributed by atoms with van der Waals surface area (Å²) in [6, 6.07) is 48.9. The van der Waals surface area contributed by atoms with Crippen LogP contribution in [0.25, 0.3) is 67.2 Å². The fourth-order valence-electron chi connectivity index (χ4n) is 6.55. The van der Waals surface area contributed by atoms with Crippen molar-refractivity contribution in [3.63, 3.8) is 0 Å². The second-order valence-electron chi connectivity index (χ2n) is 11.7. The minimum Gasteiger partial charge on any atom is -0.208 e. The Morgan fingerprint density at radius 1 is 0.419 bits per heavy atom. The van der Waals surface area contributed by atoms with Crippen LogP contribution in [-0.4, -0.2) is 15.0 Å². The number of nitrogens with zero attached hydrogens (tertiary/aromatic N) is 3. The lowest BCUT2D eigenvalue weighted by Crippen LogP contribution is -2.15. The maximum absolute atomic E-state index is 5.06. The van der Waals surface area contributed by atoms with Crippen molar-refractivity contribution < 1.29 is 0 Å². The normalized spacial score (nSPS) is 13.1. The molecule has 0 radical (unpaired) electrons. The van der Waals surface area contributed by atoms with Gasteiger partial charge in [0.1, 0.15) is 0 Å². The highest BCUT2D eigenvalue weighted by Gasteiger charge is 2.36. The standard InChI is InChI=1S/C40H29N3/c1-40(2)35-16-10-9-15-32(35)33-24-23-28-19-22-31(25-34(28)36(33)40)39-42-37(29-13-7-4-8-14-29)41-38(43-39)30-20-17-27(18-21-30)26-11-5-3-6-12-26/h3-25H,1-2H3. The highest BCUT2D eigenvalue weighted by Crippen LogP contribution is 2.51. The van der Waals surface area contributed by atoms with Gasteiger partial charge in [0.05, 0.1) is 0 Å². The zero-order valence-electron chi connectivity index (χ0n) is 24.1. The van der Waals surface area contributed by atoms with E-state index < -0.39 is 0 Å². The summed E-state index contributed by atoms with van der Waals surface area (Å²) >= 11 is 0. The maximum atomic E-state index is 5.06. The molecule has 0 fully saturated rings. The Morgan fingerprint density at radius 2 is 0.907 bits per heavy atom. The molecule has 43 heavy (non-hydrogen) atoms. The Balaban J connectivity index is 1.29. The first-order chi connectivity index (χ1) is 21.1. The van der Waals surface area contributed by atoms with Gasteiger partial charge in [-0.15, -0.1) is 0 Å². The van der Waals surface area contributed by atoms with E-state index in [1.807, 2.05) is 24.3 Å². The molecular weight excluding hydrogens is 522 g/mol. The first-order valence-electron chi connectivity index (χ1n) is 14.7. The molecule has 1 aromatic heterocycles. The molecule has 0 bridgehead atoms. The Hall–Kier alpha value is -5.41. The van der Waals surface area contributed by atoms with Gasteiger partial charge in [0.2, 0.25) is 0 Å². The van der Waals surface area contributed by atoms with E-state index in [0.29, 0.717) is 17.5 Å². The van der Waals surface area contributed by atoms with Crippen LogP contribution in [0.2, 0.25) is 0 Å². The van der Waals surface area contributed by atoms with E-state index >= 15 is 0 Å². The summed E-state index contributed by atoms with van der Waals surface area (Å²) in [5, 5.41) is 2.46. The Bertz CT molecular complexity index is 2130. The van der Waals surface area contributed by atoms with E-state index in [-0.39, 0.29) is 5.41 Å². The molecule has 3 heteroatoms. The summed E-state index contributed by atoms with van der Waals surface area (Å²) in [6.07, 6.45) is 0. The van der Waals surface area contributed by atoms with Crippen LogP contribution in [0.5, 0.6) is 0 Å². The van der Waals surface area contributed by atoms with Crippen molar-refractivity contribution in [1.82, 2.24) is 15.0 Å². The summed E-state index contributed by atoms with van der Waals surface area (Å²) < 4.78 is 0. The van der Waals surface area contributed by atoms with E-state index in [4.69, 9.17) is 15.0 Å². The quantitative estimate of drug-likeness (QED) is 0.218. The number of hydrogen-bond acceptors (Lipinski definition) is 3. The van der Waals surface area contributed by atoms with Crippen molar-refractivity contribution in [2.75, 3.05) is 0 Å². The highest BCUT2D eigenvalue weighted by molar-refractivity contribution is 5.99. The van der Waals surface area contributed by atoms with Crippen LogP contribution in [-0.2, 0) is 5.41 Å². The largest absolute Gasteiger partial charge is 0.208 e. The van der Waals surface area contributed by atoms with Crippen molar-refractivity contribution in [2.24, 2.45) is 0 Å². The topological polar surface area (TPSA) is 38.7 Å². The third-order valence-corrected chi connectivity index (χ3v) is 8.71. The summed E-state index contributed by atoms with van der Waals surface area (Å²) in [4.78, 5) is 15.0. The summed E-state index contributed by atoms with van der Waals surface area (Å²) in [5.41, 5.74) is 10.5. The van der Waals surface area contributed by atoms with E-state index in [9.17, 15) is 0 Å². The smallest absolute Gasteiger partial charge is 0.164 e. The van der Waals surface area contributed by atoms with Crippen LogP contribution >= 0.6 is 0 Å². The van der Waals surface area contributed by atoms with Gasteiger partial charge in [-0.25, -0.2) is 15.0 Å². The van der Waals surface area contributed by atoms with Crippen LogP contribution in [0.3, 0.4) is 0 Å². The van der Waals surface area contributed by atoms with Crippen LogP contribution in [0, 0.1) is 0 Å². The molecule has 8 rings (SSSR count). The second-order valence-corrected chi connectivity index (χ2v) is 11.7. The molecule has 0 amide bonds. The molecular formula is C40H29N3. The average Bonchev–Trinajstić information content (AvgIpc) is 3.32. The van der Waals surface area contributed by atoms with E-state index in [0.717, 1.165) is 22.3 Å². The molecule has 7 aromatic rings. The number of fused-ring (bicyclic) bond motifs is 5. The Labute approximate surface area is 251 Å². The molecule has 0 N–H and O–H groups in total. The van der Waals surface area contributed by atoms with Crippen LogP contribution in [0.1, 0.15) is 25.0 Å². The van der Waals surface area contributed by atoms with Gasteiger partial charge < -0.3 is 0 Å². The molecule has 0 aliphatic heterocycles. The minimum atomic E-state index is -0.107. The maximum Gasteiger partial charge on any atom is 0.164 e. The number of hydrogen-bond donors (Lipinski definition) is 0. The molecule has 204 valence electrons. The van der Waals surface area contributed by atoms with Crippen molar-refractivity contribution in [3.8, 4) is 56.4 Å². The van der Waals surface area contributed by atoms with Crippen LogP contribution < -0.4 is 0 Å². The van der Waals surface area contributed by atoms with Gasteiger partial charge in [0, 0.05) is 22.1 Å². The first kappa shape index (κ1) is 25.3. The summed E-state index contributed by atoms with van der Waals surface area (Å²) in [7, 11) is 0. The average molecular weight is 552 g/mol. The lowest BCUT2D eigenvalue weighted by atomic mass is 9.80. The van der Waals surface area contributed by atoms with Crippen molar-refractivity contribution in [2.45, 2.75) is 19.3 Å². The zero-order chi connectivity index (χ0) is 29.0. The van der Waals surface area contributed by atoms with Gasteiger partial charge in [-0.3, -0.25) is 0 Å². The van der Waals surface area contributed by atoms with Gasteiger partial charge in [-0.05, 0) is 50.2 Å². The molecule has 0 spiro atoms. The summed E-state index contributed by atoms with van der Waals surface area (Å²) in [6.45, 7) is 4.66. The van der Waals surface area contributed by atoms with E-state index in [2.05, 4.69) is 129 Å². The van der Waals surface area contributed by atoms with Crippen LogP contribution in [0.15, 0.2) is 140 Å². The summed E-state index contributed by atoms with van der Waals surface area (Å²) in [5.74, 6) is 2.00. The van der Waals surface area contributed by atoms with Crippen molar-refractivity contribution in [1.29, 1.82) is 0 Å². The van der Waals surface area contributed by atoms with Crippen molar-refractivity contribution >= 4 is 10.8 Å². The van der Waals surface area contributed by atoms with E-state index in [1.165, 1.54) is 38.6 Å². The predicted molar refractivity (Wildman–Crippen MR) is 177 cm³/mol. The fraction of sp³-hybridized carbons (Fsp3) is 0.0750. The Kier molecular flexibility index (Phi) is 5.80. The van der Waals surface area contributed by atoms with Crippen LogP contribution in [0.4, 0.5) is 0 Å². The molecule has 0 unspecified atom stereocenters. The van der Waals surface area contributed by atoms with E-state index in [1.54, 1.807) is 0 Å². The second kappa shape index (κ2) is 9.85. The highest BCUT2D eigenvalue weighted by atomic mass is 15.0. The Morgan fingerprint density at radius 3 is 1.60 bits per heavy atom. The molecule has 1 heterocycles. The molecule has 0 saturated carbocycles. The molecule has 1 aliphatic rings. The first-order valence-corrected chi connectivity index (χ1v) is 14.7. The SMILES string of the molecule is CC1(C)c2ccccc2-c2ccc3ccc(-c4nc(-c5ccccc5)nc(-c5ccc(-c6ccccc6)cc5)n4)cc3c21. The number of benzene rings is 6. The van der Waals surface area contributed by atoms with Gasteiger partial charge in [0.15, 0.2) is 17.5 Å². The van der Waals surface area contributed by atoms with Gasteiger partial charge in [-0.1, -0.05) is 147 Å². The van der Waals surface area contributed by atoms with Gasteiger partial charge in [0.25, 0.3) is 0 Å². The molecule has 0 saturated heterocycles. The molecule has 1 aliphatic carbocycles. The fourth-order valence-corrected chi connectivity index (χ4v) is 6.55. The van der Waals surface area contributed by atoms with Gasteiger partial charge in [-0.2, -0.15) is 0 Å². The number of aromatic nitrogens is 3. The monoisotopic (exact) mass is 551 g/mol. The lowest BCUT2D eigenvalue weighted by Gasteiger charge is -2.23. The zero-order valence-corrected chi connectivity index (χ0v) is 24.1. The third kappa shape index (κ3) is 4.24. The number of rotatable bonds is 4. The predicted octanol–water partition coefficient (Wildman–Crippen LogP) is 10.00. The van der Waals surface area contributed by atoms with Crippen molar-refractivity contribution in [3.05, 3.63) is 151 Å². The van der Waals surface area contributed by atoms with Gasteiger partial charge >= 0.3 is 0 Å². The minimum absolute atomic E-state index is 0.107. The molecule has 6 aromatic carbocycles. The lowest BCUT2D eigenvalue weighted by molar-refractivity contribution is 0.666. The molecule has 3 nitrogen and oxygen atoms in total. The third-order valence-electron chi connectivity index (χ3n) is 8.71.